The molecule has 0 amide bonds. The molecule has 0 saturated carbocycles. The van der Waals surface area contributed by atoms with E-state index < -0.39 is 11.6 Å². The van der Waals surface area contributed by atoms with Gasteiger partial charge in [-0.3, -0.25) is 4.79 Å². The number of methoxy groups -OCH3 is 1. The van der Waals surface area contributed by atoms with Gasteiger partial charge >= 0.3 is 0 Å². The molecule has 0 aliphatic heterocycles. The second-order valence-electron chi connectivity index (χ2n) is 6.37. The molecule has 0 spiro atoms. The highest BCUT2D eigenvalue weighted by Crippen LogP contribution is 2.31. The summed E-state index contributed by atoms with van der Waals surface area (Å²) in [6, 6.07) is 8.25. The topological polar surface area (TPSA) is 26.3 Å². The highest BCUT2D eigenvalue weighted by Gasteiger charge is 2.16. The van der Waals surface area contributed by atoms with Crippen LogP contribution in [0.3, 0.4) is 0 Å². The molecule has 0 saturated heterocycles. The normalized spacial score (nSPS) is 10.9. The fourth-order valence-corrected chi connectivity index (χ4v) is 2.30. The predicted octanol–water partition coefficient (Wildman–Crippen LogP) is 6.75. The van der Waals surface area contributed by atoms with Gasteiger partial charge < -0.3 is 4.74 Å². The van der Waals surface area contributed by atoms with Crippen LogP contribution < -0.4 is 4.74 Å². The Hall–Kier alpha value is -2.49. The molecule has 0 aliphatic rings. The first-order chi connectivity index (χ1) is 12.8. The maximum absolute atomic E-state index is 14.1. The quantitative estimate of drug-likeness (QED) is 0.541. The van der Waals surface area contributed by atoms with E-state index in [4.69, 9.17) is 4.74 Å². The van der Waals surface area contributed by atoms with Gasteiger partial charge in [0.1, 0.15) is 5.75 Å². The molecular formula is C23H28F2O2. The summed E-state index contributed by atoms with van der Waals surface area (Å²) in [6.45, 7) is 9.04. The second-order valence-corrected chi connectivity index (χ2v) is 6.37. The number of carbonyl (C=O) groups excluding carboxylic acids is 1. The SMILES string of the molecule is CCCC.COc1ccc(-c2cc(F)c(F)c(/C=C(\C)C(C)=O)c2C)cc1. The Kier molecular flexibility index (Phi) is 8.86. The van der Waals surface area contributed by atoms with Crippen molar-refractivity contribution in [2.45, 2.75) is 47.5 Å². The standard InChI is InChI=1S/C19H18F2O2.C4H10/c1-11(13(3)22)9-17-12(2)16(10-18(20)19(17)21)14-5-7-15(23-4)8-6-14;1-3-4-2/h5-10H,1-4H3;3-4H2,1-2H3/b11-9+;. The van der Waals surface area contributed by atoms with E-state index in [1.807, 2.05) is 0 Å². The van der Waals surface area contributed by atoms with Crippen molar-refractivity contribution in [1.29, 1.82) is 0 Å². The van der Waals surface area contributed by atoms with Crippen molar-refractivity contribution >= 4 is 11.9 Å². The molecule has 146 valence electrons. The summed E-state index contributed by atoms with van der Waals surface area (Å²) in [7, 11) is 1.56. The molecule has 2 rings (SSSR count). The number of carbonyl (C=O) groups is 1. The average molecular weight is 374 g/mol. The van der Waals surface area contributed by atoms with Gasteiger partial charge in [-0.15, -0.1) is 0 Å². The summed E-state index contributed by atoms with van der Waals surface area (Å²) in [5.74, 6) is -1.38. The van der Waals surface area contributed by atoms with Gasteiger partial charge in [-0.05, 0) is 67.3 Å². The van der Waals surface area contributed by atoms with Crippen molar-refractivity contribution in [2.75, 3.05) is 7.11 Å². The van der Waals surface area contributed by atoms with Gasteiger partial charge in [0.2, 0.25) is 0 Å². The van der Waals surface area contributed by atoms with Crippen LogP contribution >= 0.6 is 0 Å². The number of Topliss-reactive ketones (excluding diaryl/α,β-unsaturated/α-hetero) is 1. The summed E-state index contributed by atoms with van der Waals surface area (Å²) < 4.78 is 33.2. The lowest BCUT2D eigenvalue weighted by Gasteiger charge is -2.12. The average Bonchev–Trinajstić information content (AvgIpc) is 2.68. The minimum absolute atomic E-state index is 0.100. The molecule has 0 bridgehead atoms. The van der Waals surface area contributed by atoms with E-state index >= 15 is 0 Å². The number of rotatable bonds is 5. The van der Waals surface area contributed by atoms with E-state index in [-0.39, 0.29) is 11.3 Å². The number of ether oxygens (including phenoxy) is 1. The van der Waals surface area contributed by atoms with Crippen molar-refractivity contribution in [2.24, 2.45) is 0 Å². The first-order valence-corrected chi connectivity index (χ1v) is 9.08. The minimum atomic E-state index is -0.944. The molecule has 0 radical (unpaired) electrons. The fraction of sp³-hybridized carbons (Fsp3) is 0.348. The van der Waals surface area contributed by atoms with Crippen LogP contribution in [0.2, 0.25) is 0 Å². The van der Waals surface area contributed by atoms with Crippen molar-refractivity contribution in [1.82, 2.24) is 0 Å². The molecule has 2 aromatic carbocycles. The first-order valence-electron chi connectivity index (χ1n) is 9.08. The van der Waals surface area contributed by atoms with Gasteiger partial charge in [0.05, 0.1) is 7.11 Å². The molecule has 0 heterocycles. The Morgan fingerprint density at radius 3 is 2.07 bits per heavy atom. The first kappa shape index (κ1) is 22.6. The Morgan fingerprint density at radius 1 is 1.07 bits per heavy atom. The Labute approximate surface area is 160 Å². The zero-order valence-corrected chi connectivity index (χ0v) is 17.0. The molecular weight excluding hydrogens is 346 g/mol. The van der Waals surface area contributed by atoms with E-state index in [2.05, 4.69) is 13.8 Å². The van der Waals surface area contributed by atoms with E-state index in [9.17, 15) is 13.6 Å². The third kappa shape index (κ3) is 6.02. The molecule has 0 atom stereocenters. The molecule has 0 aliphatic carbocycles. The maximum Gasteiger partial charge on any atom is 0.166 e. The number of allylic oxidation sites excluding steroid dienone is 1. The fourth-order valence-electron chi connectivity index (χ4n) is 2.30. The third-order valence-corrected chi connectivity index (χ3v) is 4.34. The van der Waals surface area contributed by atoms with Crippen molar-refractivity contribution in [3.8, 4) is 16.9 Å². The lowest BCUT2D eigenvalue weighted by Crippen LogP contribution is -1.99. The van der Waals surface area contributed by atoms with Crippen LogP contribution in [0.1, 0.15) is 51.7 Å². The molecule has 0 N–H and O–H groups in total. The van der Waals surface area contributed by atoms with Gasteiger partial charge in [0.25, 0.3) is 0 Å². The molecule has 2 nitrogen and oxygen atoms in total. The summed E-state index contributed by atoms with van der Waals surface area (Å²) >= 11 is 0. The van der Waals surface area contributed by atoms with Crippen molar-refractivity contribution in [3.05, 3.63) is 58.7 Å². The van der Waals surface area contributed by atoms with Gasteiger partial charge in [0, 0.05) is 5.56 Å². The monoisotopic (exact) mass is 374 g/mol. The van der Waals surface area contributed by atoms with Gasteiger partial charge in [-0.25, -0.2) is 8.78 Å². The summed E-state index contributed by atoms with van der Waals surface area (Å²) in [5.41, 5.74) is 2.38. The van der Waals surface area contributed by atoms with Crippen molar-refractivity contribution < 1.29 is 18.3 Å². The van der Waals surface area contributed by atoms with Crippen LogP contribution in [-0.4, -0.2) is 12.9 Å². The lowest BCUT2D eigenvalue weighted by atomic mass is 9.94. The summed E-state index contributed by atoms with van der Waals surface area (Å²) in [4.78, 5) is 11.4. The molecule has 0 aromatic heterocycles. The highest BCUT2D eigenvalue weighted by molar-refractivity contribution is 5.97. The zero-order valence-electron chi connectivity index (χ0n) is 17.0. The second kappa shape index (κ2) is 10.6. The molecule has 0 unspecified atom stereocenters. The van der Waals surface area contributed by atoms with Crippen LogP contribution in [0.4, 0.5) is 8.78 Å². The third-order valence-electron chi connectivity index (χ3n) is 4.34. The number of ketones is 1. The molecule has 27 heavy (non-hydrogen) atoms. The van der Waals surface area contributed by atoms with Crippen LogP contribution in [0.25, 0.3) is 17.2 Å². The number of halogens is 2. The maximum atomic E-state index is 14.1. The van der Waals surface area contributed by atoms with Gasteiger partial charge in [-0.1, -0.05) is 38.8 Å². The van der Waals surface area contributed by atoms with Crippen LogP contribution in [0.5, 0.6) is 5.75 Å². The molecule has 4 heteroatoms. The van der Waals surface area contributed by atoms with E-state index in [1.54, 1.807) is 45.2 Å². The van der Waals surface area contributed by atoms with Gasteiger partial charge in [0.15, 0.2) is 17.4 Å². The van der Waals surface area contributed by atoms with E-state index in [0.29, 0.717) is 22.4 Å². The molecule has 0 fully saturated rings. The van der Waals surface area contributed by atoms with E-state index in [0.717, 1.165) is 5.56 Å². The van der Waals surface area contributed by atoms with Gasteiger partial charge in [-0.2, -0.15) is 0 Å². The van der Waals surface area contributed by atoms with Crippen LogP contribution in [0, 0.1) is 18.6 Å². The Balaban J connectivity index is 0.000000828. The number of hydrogen-bond donors (Lipinski definition) is 0. The van der Waals surface area contributed by atoms with Crippen molar-refractivity contribution in [3.63, 3.8) is 0 Å². The Morgan fingerprint density at radius 2 is 1.63 bits per heavy atom. The highest BCUT2D eigenvalue weighted by atomic mass is 19.2. The number of hydrogen-bond acceptors (Lipinski definition) is 2. The summed E-state index contributed by atoms with van der Waals surface area (Å²) in [5, 5.41) is 0. The Bertz CT molecular complexity index is 804. The minimum Gasteiger partial charge on any atom is -0.497 e. The summed E-state index contributed by atoms with van der Waals surface area (Å²) in [6.07, 6.45) is 4.03. The number of unbranched alkanes of at least 4 members (excludes halogenated alkanes) is 1. The molecule has 2 aromatic rings. The van der Waals surface area contributed by atoms with E-state index in [1.165, 1.54) is 31.9 Å². The smallest absolute Gasteiger partial charge is 0.166 e. The lowest BCUT2D eigenvalue weighted by molar-refractivity contribution is -0.113. The zero-order chi connectivity index (χ0) is 20.6. The largest absolute Gasteiger partial charge is 0.497 e. The van der Waals surface area contributed by atoms with Crippen LogP contribution in [0.15, 0.2) is 35.9 Å². The predicted molar refractivity (Wildman–Crippen MR) is 108 cm³/mol. The number of benzene rings is 2. The van der Waals surface area contributed by atoms with Crippen LogP contribution in [-0.2, 0) is 4.79 Å².